The second-order valence-corrected chi connectivity index (χ2v) is 8.28. The zero-order valence-corrected chi connectivity index (χ0v) is 14.5. The summed E-state index contributed by atoms with van der Waals surface area (Å²) >= 11 is 0. The van der Waals surface area contributed by atoms with E-state index in [2.05, 4.69) is 16.8 Å². The van der Waals surface area contributed by atoms with Crippen molar-refractivity contribution in [1.82, 2.24) is 9.80 Å². The first-order valence-corrected chi connectivity index (χ1v) is 9.12. The van der Waals surface area contributed by atoms with E-state index < -0.39 is 29.5 Å². The van der Waals surface area contributed by atoms with Crippen molar-refractivity contribution in [3.63, 3.8) is 0 Å². The number of aliphatic hydroxyl groups is 5. The number of piperazine rings is 1. The van der Waals surface area contributed by atoms with Crippen molar-refractivity contribution in [2.24, 2.45) is 5.92 Å². The van der Waals surface area contributed by atoms with Crippen LogP contribution in [0.15, 0.2) is 0 Å². The van der Waals surface area contributed by atoms with E-state index in [9.17, 15) is 25.5 Å². The van der Waals surface area contributed by atoms with Crippen molar-refractivity contribution in [3.8, 4) is 0 Å². The predicted molar refractivity (Wildman–Crippen MR) is 88.4 cm³/mol. The van der Waals surface area contributed by atoms with Crippen LogP contribution in [0.2, 0.25) is 0 Å². The lowest BCUT2D eigenvalue weighted by Gasteiger charge is -2.56. The first-order valence-electron chi connectivity index (χ1n) is 9.12. The van der Waals surface area contributed by atoms with Gasteiger partial charge in [-0.1, -0.05) is 0 Å². The zero-order valence-electron chi connectivity index (χ0n) is 14.5. The molecule has 0 aromatic carbocycles. The van der Waals surface area contributed by atoms with Gasteiger partial charge in [-0.15, -0.1) is 0 Å². The minimum atomic E-state index is -1.52. The summed E-state index contributed by atoms with van der Waals surface area (Å²) in [5, 5.41) is 51.9. The number of likely N-dealkylation sites (N-methyl/N-ethyl adjacent to an activating group) is 1. The van der Waals surface area contributed by atoms with Crippen LogP contribution in [-0.2, 0) is 0 Å². The summed E-state index contributed by atoms with van der Waals surface area (Å²) in [6, 6.07) is 0. The summed E-state index contributed by atoms with van der Waals surface area (Å²) in [4.78, 5) is 4.67. The molecule has 3 aliphatic rings. The molecule has 3 rings (SSSR count). The molecule has 2 aliphatic carbocycles. The fourth-order valence-corrected chi connectivity index (χ4v) is 4.69. The van der Waals surface area contributed by atoms with E-state index >= 15 is 0 Å². The van der Waals surface area contributed by atoms with Gasteiger partial charge in [-0.25, -0.2) is 0 Å². The van der Waals surface area contributed by atoms with E-state index in [4.69, 9.17) is 0 Å². The third kappa shape index (κ3) is 3.49. The van der Waals surface area contributed by atoms with E-state index in [1.165, 1.54) is 0 Å². The maximum absolute atomic E-state index is 10.9. The largest absolute Gasteiger partial charge is 0.393 e. The summed E-state index contributed by atoms with van der Waals surface area (Å²) in [6.45, 7) is 4.98. The molecule has 6 atom stereocenters. The molecule has 0 spiro atoms. The Balaban J connectivity index is 1.60. The fraction of sp³-hybridized carbons (Fsp3) is 1.00. The van der Waals surface area contributed by atoms with Crippen LogP contribution in [0.4, 0.5) is 0 Å². The number of hydrogen-bond donors (Lipinski definition) is 5. The van der Waals surface area contributed by atoms with Gasteiger partial charge in [0.05, 0.1) is 29.5 Å². The molecule has 0 aromatic heterocycles. The average Bonchev–Trinajstić information content (AvgIpc) is 2.50. The highest BCUT2D eigenvalue weighted by Crippen LogP contribution is 2.49. The normalized spacial score (nSPS) is 48.2. The van der Waals surface area contributed by atoms with E-state index in [1.807, 2.05) is 0 Å². The Kier molecular flexibility index (Phi) is 5.24. The topological polar surface area (TPSA) is 108 Å². The lowest BCUT2D eigenvalue weighted by Crippen LogP contribution is -2.67. The predicted octanol–water partition coefficient (Wildman–Crippen LogP) is -1.63. The lowest BCUT2D eigenvalue weighted by atomic mass is 9.58. The van der Waals surface area contributed by atoms with Gasteiger partial charge in [-0.3, -0.25) is 0 Å². The summed E-state index contributed by atoms with van der Waals surface area (Å²) in [6.07, 6.45) is -1.81. The zero-order chi connectivity index (χ0) is 17.5. The molecule has 6 unspecified atom stereocenters. The fourth-order valence-electron chi connectivity index (χ4n) is 4.69. The number of rotatable bonds is 3. The Bertz CT molecular complexity index is 445. The molecule has 140 valence electrons. The number of aliphatic hydroxyl groups excluding tert-OH is 3. The van der Waals surface area contributed by atoms with Crippen LogP contribution in [0.3, 0.4) is 0 Å². The van der Waals surface area contributed by atoms with Crippen molar-refractivity contribution < 1.29 is 25.5 Å². The summed E-state index contributed by atoms with van der Waals surface area (Å²) in [5.41, 5.74) is -2.95. The molecule has 0 radical (unpaired) electrons. The lowest BCUT2D eigenvalue weighted by molar-refractivity contribution is -0.260. The standard InChI is InChI=1S/C17H32N2O5/c1-18-4-6-19(7-5-18)3-2-12-8-16(23)10-14(21)15(22)11-17(16,24)9-13(12)20/h12-15,20-24H,2-11H2,1H3. The molecule has 0 aromatic rings. The van der Waals surface area contributed by atoms with Crippen LogP contribution in [0.5, 0.6) is 0 Å². The van der Waals surface area contributed by atoms with E-state index in [1.54, 1.807) is 0 Å². The molecule has 5 N–H and O–H groups in total. The minimum Gasteiger partial charge on any atom is -0.393 e. The number of fused-ring (bicyclic) bond motifs is 1. The molecule has 2 saturated carbocycles. The van der Waals surface area contributed by atoms with Gasteiger partial charge in [-0.05, 0) is 32.4 Å². The summed E-state index contributed by atoms with van der Waals surface area (Å²) in [5.74, 6) is -0.0997. The Morgan fingerprint density at radius 3 is 1.88 bits per heavy atom. The van der Waals surface area contributed by atoms with Gasteiger partial charge in [-0.2, -0.15) is 0 Å². The van der Waals surface area contributed by atoms with Crippen molar-refractivity contribution in [1.29, 1.82) is 0 Å². The first kappa shape index (κ1) is 18.5. The van der Waals surface area contributed by atoms with Crippen molar-refractivity contribution in [2.45, 2.75) is 61.6 Å². The van der Waals surface area contributed by atoms with Crippen LogP contribution in [0, 0.1) is 5.92 Å². The molecule has 24 heavy (non-hydrogen) atoms. The minimum absolute atomic E-state index is 0.0393. The van der Waals surface area contributed by atoms with Gasteiger partial charge in [0.25, 0.3) is 0 Å². The summed E-state index contributed by atoms with van der Waals surface area (Å²) < 4.78 is 0. The van der Waals surface area contributed by atoms with Crippen molar-refractivity contribution >= 4 is 0 Å². The van der Waals surface area contributed by atoms with Gasteiger partial charge >= 0.3 is 0 Å². The van der Waals surface area contributed by atoms with E-state index in [-0.39, 0.29) is 31.6 Å². The second kappa shape index (κ2) is 6.79. The van der Waals surface area contributed by atoms with Crippen molar-refractivity contribution in [2.75, 3.05) is 39.8 Å². The Morgan fingerprint density at radius 2 is 1.29 bits per heavy atom. The number of hydrogen-bond acceptors (Lipinski definition) is 7. The van der Waals surface area contributed by atoms with Gasteiger partial charge in [0.1, 0.15) is 0 Å². The van der Waals surface area contributed by atoms with Gasteiger partial charge in [0, 0.05) is 45.4 Å². The Morgan fingerprint density at radius 1 is 0.792 bits per heavy atom. The van der Waals surface area contributed by atoms with Gasteiger partial charge in [0.2, 0.25) is 0 Å². The molecular weight excluding hydrogens is 312 g/mol. The molecule has 7 nitrogen and oxygen atoms in total. The quantitative estimate of drug-likeness (QED) is 0.418. The molecular formula is C17H32N2O5. The summed E-state index contributed by atoms with van der Waals surface area (Å²) in [7, 11) is 2.11. The van der Waals surface area contributed by atoms with Crippen LogP contribution < -0.4 is 0 Å². The maximum Gasteiger partial charge on any atom is 0.0984 e. The van der Waals surface area contributed by atoms with Crippen LogP contribution in [0.1, 0.15) is 32.1 Å². The van der Waals surface area contributed by atoms with Crippen LogP contribution in [-0.4, -0.2) is 105 Å². The SMILES string of the molecule is CN1CCN(CCC2CC3(O)CC(O)C(O)CC3(O)CC2O)CC1. The Labute approximate surface area is 143 Å². The highest BCUT2D eigenvalue weighted by Gasteiger charge is 2.60. The van der Waals surface area contributed by atoms with Crippen molar-refractivity contribution in [3.05, 3.63) is 0 Å². The monoisotopic (exact) mass is 344 g/mol. The third-order valence-electron chi connectivity index (χ3n) is 6.51. The molecule has 3 fully saturated rings. The molecule has 1 aliphatic heterocycles. The van der Waals surface area contributed by atoms with Gasteiger partial charge < -0.3 is 35.3 Å². The maximum atomic E-state index is 10.9. The first-order chi connectivity index (χ1) is 11.2. The highest BCUT2D eigenvalue weighted by atomic mass is 16.4. The molecule has 0 bridgehead atoms. The molecule has 7 heteroatoms. The smallest absolute Gasteiger partial charge is 0.0984 e. The molecule has 1 heterocycles. The third-order valence-corrected chi connectivity index (χ3v) is 6.51. The second-order valence-electron chi connectivity index (χ2n) is 8.28. The average molecular weight is 344 g/mol. The number of nitrogens with zero attached hydrogens (tertiary/aromatic N) is 2. The van der Waals surface area contributed by atoms with Crippen LogP contribution >= 0.6 is 0 Å². The molecule has 0 amide bonds. The van der Waals surface area contributed by atoms with E-state index in [0.29, 0.717) is 0 Å². The van der Waals surface area contributed by atoms with Crippen LogP contribution in [0.25, 0.3) is 0 Å². The Hall–Kier alpha value is -0.280. The van der Waals surface area contributed by atoms with Gasteiger partial charge in [0.15, 0.2) is 0 Å². The van der Waals surface area contributed by atoms with E-state index in [0.717, 1.165) is 39.1 Å². The highest BCUT2D eigenvalue weighted by molar-refractivity contribution is 5.12. The molecule has 1 saturated heterocycles.